The van der Waals surface area contributed by atoms with E-state index in [9.17, 15) is 18.8 Å². The van der Waals surface area contributed by atoms with Crippen LogP contribution in [0.5, 0.6) is 0 Å². The minimum Gasteiger partial charge on any atom is -0.349 e. The Morgan fingerprint density at radius 3 is 2.63 bits per heavy atom. The lowest BCUT2D eigenvalue weighted by Gasteiger charge is -2.22. The molecule has 0 unspecified atom stereocenters. The van der Waals surface area contributed by atoms with Crippen LogP contribution in [0.1, 0.15) is 61.4 Å². The highest BCUT2D eigenvalue weighted by Gasteiger charge is 2.21. The molecule has 5 rings (SSSR count). The maximum atomic E-state index is 14.3. The van der Waals surface area contributed by atoms with Crippen LogP contribution in [0, 0.1) is 5.82 Å². The van der Waals surface area contributed by atoms with Crippen molar-refractivity contribution >= 4 is 22.6 Å². The van der Waals surface area contributed by atoms with Crippen molar-refractivity contribution in [1.82, 2.24) is 24.1 Å². The number of benzene rings is 2. The molecule has 2 aromatic carbocycles. The molecule has 0 spiro atoms. The van der Waals surface area contributed by atoms with Gasteiger partial charge in [-0.3, -0.25) is 14.2 Å². The summed E-state index contributed by atoms with van der Waals surface area (Å²) in [5.74, 6) is -0.485. The molecule has 0 bridgehead atoms. The Morgan fingerprint density at radius 2 is 1.89 bits per heavy atom. The molecule has 8 nitrogen and oxygen atoms in total. The zero-order chi connectivity index (χ0) is 24.5. The van der Waals surface area contributed by atoms with E-state index in [0.717, 1.165) is 30.4 Å². The van der Waals surface area contributed by atoms with E-state index in [1.54, 1.807) is 36.4 Å². The summed E-state index contributed by atoms with van der Waals surface area (Å²) in [5, 5.41) is 7.82. The van der Waals surface area contributed by atoms with Crippen molar-refractivity contribution in [2.75, 3.05) is 0 Å². The van der Waals surface area contributed by atoms with Crippen molar-refractivity contribution in [1.29, 1.82) is 0 Å². The summed E-state index contributed by atoms with van der Waals surface area (Å²) in [5.41, 5.74) is 0.239. The first-order chi connectivity index (χ1) is 17.0. The quantitative estimate of drug-likeness (QED) is 0.461. The number of fused-ring (bicyclic) bond motifs is 3. The van der Waals surface area contributed by atoms with Crippen LogP contribution in [-0.4, -0.2) is 30.7 Å². The van der Waals surface area contributed by atoms with Gasteiger partial charge in [-0.05, 0) is 43.5 Å². The Balaban J connectivity index is 1.65. The van der Waals surface area contributed by atoms with E-state index in [1.807, 2.05) is 6.92 Å². The average Bonchev–Trinajstić information content (AvgIpc) is 3.19. The predicted octanol–water partition coefficient (Wildman–Crippen LogP) is 3.47. The lowest BCUT2D eigenvalue weighted by molar-refractivity contribution is 0.0928. The predicted molar refractivity (Wildman–Crippen MR) is 131 cm³/mol. The molecule has 1 amide bonds. The van der Waals surface area contributed by atoms with Crippen LogP contribution in [0.25, 0.3) is 16.7 Å². The van der Waals surface area contributed by atoms with E-state index in [2.05, 4.69) is 10.4 Å². The number of aryl methyl sites for hydroxylation is 1. The van der Waals surface area contributed by atoms with Gasteiger partial charge in [0.25, 0.3) is 11.5 Å². The average molecular weight is 478 g/mol. The van der Waals surface area contributed by atoms with Crippen LogP contribution in [0.2, 0.25) is 0 Å². The molecular weight excluding hydrogens is 449 g/mol. The van der Waals surface area contributed by atoms with E-state index >= 15 is 0 Å². The molecule has 182 valence electrons. The molecule has 9 heteroatoms. The third kappa shape index (κ3) is 4.26. The van der Waals surface area contributed by atoms with E-state index in [-0.39, 0.29) is 29.8 Å². The molecule has 1 N–H and O–H groups in total. The van der Waals surface area contributed by atoms with E-state index in [1.165, 1.54) is 21.5 Å². The van der Waals surface area contributed by atoms with E-state index in [0.29, 0.717) is 35.0 Å². The van der Waals surface area contributed by atoms with Gasteiger partial charge < -0.3 is 5.32 Å². The summed E-state index contributed by atoms with van der Waals surface area (Å²) in [6.45, 7) is 2.23. The standard InChI is InChI=1S/C26H28FN5O3/c1-2-14-30-24(34)20-13-12-17(23(33)28-19-9-4-3-5-10-19)15-22(20)32-25(30)29-31(26(32)35)16-18-8-6-7-11-21(18)27/h6-8,11-13,15,19H,2-5,9-10,14,16H2,1H3,(H,28,33). The van der Waals surface area contributed by atoms with Gasteiger partial charge >= 0.3 is 5.69 Å². The second-order valence-electron chi connectivity index (χ2n) is 9.16. The van der Waals surface area contributed by atoms with Gasteiger partial charge in [-0.1, -0.05) is 44.4 Å². The number of rotatable bonds is 6. The van der Waals surface area contributed by atoms with Crippen molar-refractivity contribution in [3.8, 4) is 0 Å². The number of nitrogens with one attached hydrogen (secondary N) is 1. The summed E-state index contributed by atoms with van der Waals surface area (Å²) in [6.07, 6.45) is 5.94. The zero-order valence-electron chi connectivity index (χ0n) is 19.7. The minimum atomic E-state index is -0.497. The molecule has 0 saturated heterocycles. The summed E-state index contributed by atoms with van der Waals surface area (Å²) < 4.78 is 18.2. The molecule has 0 radical (unpaired) electrons. The lowest BCUT2D eigenvalue weighted by atomic mass is 9.95. The summed E-state index contributed by atoms with van der Waals surface area (Å²) in [6, 6.07) is 11.1. The number of carbonyl (C=O) groups excluding carboxylic acids is 1. The molecule has 4 aromatic rings. The number of amides is 1. The van der Waals surface area contributed by atoms with E-state index < -0.39 is 11.5 Å². The highest BCUT2D eigenvalue weighted by Crippen LogP contribution is 2.19. The van der Waals surface area contributed by atoms with Gasteiger partial charge in [-0.15, -0.1) is 5.10 Å². The van der Waals surface area contributed by atoms with Crippen LogP contribution in [-0.2, 0) is 13.1 Å². The van der Waals surface area contributed by atoms with Crippen LogP contribution >= 0.6 is 0 Å². The first kappa shape index (κ1) is 23.0. The van der Waals surface area contributed by atoms with Crippen LogP contribution in [0.15, 0.2) is 52.1 Å². The van der Waals surface area contributed by atoms with Crippen molar-refractivity contribution in [3.05, 3.63) is 80.2 Å². The zero-order valence-corrected chi connectivity index (χ0v) is 19.7. The van der Waals surface area contributed by atoms with Gasteiger partial charge in [-0.25, -0.2) is 18.3 Å². The van der Waals surface area contributed by atoms with Gasteiger partial charge in [0, 0.05) is 23.7 Å². The fourth-order valence-electron chi connectivity index (χ4n) is 4.89. The van der Waals surface area contributed by atoms with Crippen LogP contribution in [0.3, 0.4) is 0 Å². The second-order valence-corrected chi connectivity index (χ2v) is 9.16. The van der Waals surface area contributed by atoms with Crippen LogP contribution in [0.4, 0.5) is 4.39 Å². The number of aromatic nitrogens is 4. The Hall–Kier alpha value is -3.75. The number of carbonyl (C=O) groups is 1. The molecule has 35 heavy (non-hydrogen) atoms. The Bertz CT molecular complexity index is 1530. The minimum absolute atomic E-state index is 0.0726. The molecule has 1 aliphatic carbocycles. The molecule has 0 aliphatic heterocycles. The SMILES string of the molecule is CCCn1c(=O)c2ccc(C(=O)NC3CCCCC3)cc2n2c(=O)n(Cc3ccccc3F)nc12. The molecule has 1 fully saturated rings. The fraction of sp³-hybridized carbons (Fsp3) is 0.385. The Kier molecular flexibility index (Phi) is 6.23. The topological polar surface area (TPSA) is 90.4 Å². The normalized spacial score (nSPS) is 14.6. The summed E-state index contributed by atoms with van der Waals surface area (Å²) in [7, 11) is 0. The lowest BCUT2D eigenvalue weighted by Crippen LogP contribution is -2.36. The first-order valence-electron chi connectivity index (χ1n) is 12.2. The van der Waals surface area contributed by atoms with Crippen molar-refractivity contribution in [2.45, 2.75) is 64.6 Å². The number of hydrogen-bond donors (Lipinski definition) is 1. The summed E-state index contributed by atoms with van der Waals surface area (Å²) in [4.78, 5) is 39.7. The molecule has 2 heterocycles. The second kappa shape index (κ2) is 9.48. The number of halogens is 1. The molecule has 2 aromatic heterocycles. The maximum absolute atomic E-state index is 14.3. The van der Waals surface area contributed by atoms with Crippen molar-refractivity contribution in [3.63, 3.8) is 0 Å². The fourth-order valence-corrected chi connectivity index (χ4v) is 4.89. The Morgan fingerprint density at radius 1 is 1.11 bits per heavy atom. The summed E-state index contributed by atoms with van der Waals surface area (Å²) >= 11 is 0. The molecular formula is C26H28FN5O3. The largest absolute Gasteiger partial charge is 0.352 e. The van der Waals surface area contributed by atoms with Crippen molar-refractivity contribution in [2.24, 2.45) is 0 Å². The highest BCUT2D eigenvalue weighted by molar-refractivity contribution is 5.98. The molecule has 0 atom stereocenters. The molecule has 1 aliphatic rings. The van der Waals surface area contributed by atoms with E-state index in [4.69, 9.17) is 0 Å². The number of hydrogen-bond acceptors (Lipinski definition) is 4. The van der Waals surface area contributed by atoms with Gasteiger partial charge in [0.2, 0.25) is 5.78 Å². The van der Waals surface area contributed by atoms with Gasteiger partial charge in [0.1, 0.15) is 5.82 Å². The number of nitrogens with zero attached hydrogens (tertiary/aromatic N) is 4. The first-order valence-corrected chi connectivity index (χ1v) is 12.2. The third-order valence-corrected chi connectivity index (χ3v) is 6.71. The van der Waals surface area contributed by atoms with Gasteiger partial charge in [-0.2, -0.15) is 0 Å². The Labute approximate surface area is 201 Å². The van der Waals surface area contributed by atoms with Gasteiger partial charge in [0.05, 0.1) is 17.4 Å². The van der Waals surface area contributed by atoms with Crippen LogP contribution < -0.4 is 16.6 Å². The highest BCUT2D eigenvalue weighted by atomic mass is 19.1. The van der Waals surface area contributed by atoms with Gasteiger partial charge in [0.15, 0.2) is 0 Å². The molecule has 1 saturated carbocycles. The monoisotopic (exact) mass is 477 g/mol. The van der Waals surface area contributed by atoms with Crippen molar-refractivity contribution < 1.29 is 9.18 Å². The smallest absolute Gasteiger partial charge is 0.349 e. The third-order valence-electron chi connectivity index (χ3n) is 6.71. The maximum Gasteiger partial charge on any atom is 0.352 e.